The van der Waals surface area contributed by atoms with Crippen LogP contribution < -0.4 is 4.90 Å². The van der Waals surface area contributed by atoms with Crippen LogP contribution in [0.2, 0.25) is 0 Å². The van der Waals surface area contributed by atoms with Gasteiger partial charge in [-0.1, -0.05) is 36.8 Å². The summed E-state index contributed by atoms with van der Waals surface area (Å²) in [5.74, 6) is 0.128. The lowest BCUT2D eigenvalue weighted by Gasteiger charge is -2.36. The molecule has 2 heterocycles. The summed E-state index contributed by atoms with van der Waals surface area (Å²) < 4.78 is 0. The molecule has 0 spiro atoms. The Morgan fingerprint density at radius 1 is 1.04 bits per heavy atom. The summed E-state index contributed by atoms with van der Waals surface area (Å²) in [5, 5.41) is 1.18. The highest BCUT2D eigenvalue weighted by molar-refractivity contribution is 6.01. The second-order valence-corrected chi connectivity index (χ2v) is 7.00. The molecule has 1 fully saturated rings. The highest BCUT2D eigenvalue weighted by Gasteiger charge is 2.25. The summed E-state index contributed by atoms with van der Waals surface area (Å²) in [4.78, 5) is 20.9. The van der Waals surface area contributed by atoms with Gasteiger partial charge in [0.05, 0.1) is 0 Å². The number of aromatic amines is 1. The van der Waals surface area contributed by atoms with Gasteiger partial charge in [0.15, 0.2) is 0 Å². The number of anilines is 1. The van der Waals surface area contributed by atoms with Crippen LogP contribution in [0.3, 0.4) is 0 Å². The number of hydrogen-bond acceptors (Lipinski definition) is 2. The second-order valence-electron chi connectivity index (χ2n) is 7.00. The lowest BCUT2D eigenvalue weighted by molar-refractivity contribution is 0.0741. The normalized spacial score (nSPS) is 14.8. The van der Waals surface area contributed by atoms with Gasteiger partial charge in [-0.3, -0.25) is 4.79 Å². The van der Waals surface area contributed by atoms with Crippen LogP contribution in [0.25, 0.3) is 10.9 Å². The zero-order valence-corrected chi connectivity index (χ0v) is 15.5. The quantitative estimate of drug-likeness (QED) is 0.778. The van der Waals surface area contributed by atoms with Crippen LogP contribution in [-0.4, -0.2) is 42.0 Å². The molecule has 1 aromatic heterocycles. The first-order valence-electron chi connectivity index (χ1n) is 9.38. The first kappa shape index (κ1) is 16.7. The number of nitrogens with zero attached hydrogens (tertiary/aromatic N) is 2. The van der Waals surface area contributed by atoms with Crippen molar-refractivity contribution in [3.63, 3.8) is 0 Å². The fraction of sp³-hybridized carbons (Fsp3) is 0.318. The van der Waals surface area contributed by atoms with Crippen LogP contribution >= 0.6 is 0 Å². The van der Waals surface area contributed by atoms with E-state index in [1.165, 1.54) is 16.6 Å². The average Bonchev–Trinajstić information content (AvgIpc) is 3.06. The number of hydrogen-bond donors (Lipinski definition) is 1. The van der Waals surface area contributed by atoms with Crippen LogP contribution in [-0.2, 0) is 6.42 Å². The van der Waals surface area contributed by atoms with Crippen molar-refractivity contribution in [1.29, 1.82) is 0 Å². The molecule has 4 nitrogen and oxygen atoms in total. The van der Waals surface area contributed by atoms with E-state index in [0.29, 0.717) is 0 Å². The highest BCUT2D eigenvalue weighted by atomic mass is 16.2. The van der Waals surface area contributed by atoms with Crippen molar-refractivity contribution >= 4 is 22.5 Å². The fourth-order valence-corrected chi connectivity index (χ4v) is 3.88. The zero-order chi connectivity index (χ0) is 18.1. The maximum absolute atomic E-state index is 13.2. The SMILES string of the molecule is CCc1c(C(=O)N2CCN(c3ccccc3)CC2)[nH]c2ccc(C)cc12. The molecule has 1 saturated heterocycles. The standard InChI is InChI=1S/C22H25N3O/c1-3-18-19-15-16(2)9-10-20(19)23-21(18)22(26)25-13-11-24(12-14-25)17-7-5-4-6-8-17/h4-10,15,23H,3,11-14H2,1-2H3. The number of carbonyl (C=O) groups is 1. The van der Waals surface area contributed by atoms with Crippen molar-refractivity contribution in [2.75, 3.05) is 31.1 Å². The predicted octanol–water partition coefficient (Wildman–Crippen LogP) is 4.00. The summed E-state index contributed by atoms with van der Waals surface area (Å²) >= 11 is 0. The Bertz CT molecular complexity index is 921. The molecule has 3 aromatic rings. The van der Waals surface area contributed by atoms with Crippen molar-refractivity contribution in [2.24, 2.45) is 0 Å². The molecule has 1 N–H and O–H groups in total. The molecule has 0 radical (unpaired) electrons. The number of H-pyrrole nitrogens is 1. The van der Waals surface area contributed by atoms with Crippen LogP contribution in [0.1, 0.15) is 28.5 Å². The van der Waals surface area contributed by atoms with Crippen molar-refractivity contribution in [2.45, 2.75) is 20.3 Å². The molecule has 1 aliphatic rings. The van der Waals surface area contributed by atoms with Gasteiger partial charge in [-0.2, -0.15) is 0 Å². The minimum absolute atomic E-state index is 0.128. The van der Waals surface area contributed by atoms with E-state index in [0.717, 1.165) is 49.4 Å². The van der Waals surface area contributed by atoms with Gasteiger partial charge in [0.2, 0.25) is 0 Å². The summed E-state index contributed by atoms with van der Waals surface area (Å²) in [6.45, 7) is 7.47. The number of rotatable bonds is 3. The molecule has 0 bridgehead atoms. The number of amides is 1. The maximum Gasteiger partial charge on any atom is 0.270 e. The van der Waals surface area contributed by atoms with Crippen LogP contribution in [0.5, 0.6) is 0 Å². The smallest absolute Gasteiger partial charge is 0.270 e. The number of piperazine rings is 1. The van der Waals surface area contributed by atoms with Gasteiger partial charge in [-0.05, 0) is 43.2 Å². The minimum Gasteiger partial charge on any atom is -0.368 e. The third-order valence-corrected chi connectivity index (χ3v) is 5.32. The Kier molecular flexibility index (Phi) is 4.41. The average molecular weight is 347 g/mol. The first-order chi connectivity index (χ1) is 12.7. The predicted molar refractivity (Wildman–Crippen MR) is 107 cm³/mol. The van der Waals surface area contributed by atoms with E-state index in [1.54, 1.807) is 0 Å². The highest BCUT2D eigenvalue weighted by Crippen LogP contribution is 2.26. The Morgan fingerprint density at radius 2 is 1.77 bits per heavy atom. The van der Waals surface area contributed by atoms with E-state index in [9.17, 15) is 4.79 Å². The molecule has 0 saturated carbocycles. The Balaban J connectivity index is 1.55. The van der Waals surface area contributed by atoms with Crippen LogP contribution in [0, 0.1) is 6.92 Å². The van der Waals surface area contributed by atoms with Gasteiger partial charge in [-0.15, -0.1) is 0 Å². The Labute approximate surface area is 154 Å². The molecule has 26 heavy (non-hydrogen) atoms. The Morgan fingerprint density at radius 3 is 2.46 bits per heavy atom. The number of nitrogens with one attached hydrogen (secondary N) is 1. The van der Waals surface area contributed by atoms with Crippen LogP contribution in [0.4, 0.5) is 5.69 Å². The fourth-order valence-electron chi connectivity index (χ4n) is 3.88. The third kappa shape index (κ3) is 2.96. The molecule has 0 atom stereocenters. The Hall–Kier alpha value is -2.75. The van der Waals surface area contributed by atoms with Crippen molar-refractivity contribution in [3.05, 3.63) is 65.4 Å². The monoisotopic (exact) mass is 347 g/mol. The number of benzene rings is 2. The summed E-state index contributed by atoms with van der Waals surface area (Å²) in [6, 6.07) is 16.8. The van der Waals surface area contributed by atoms with Gasteiger partial charge in [0.1, 0.15) is 5.69 Å². The van der Waals surface area contributed by atoms with Crippen molar-refractivity contribution in [3.8, 4) is 0 Å². The summed E-state index contributed by atoms with van der Waals surface area (Å²) in [5.41, 5.74) is 5.41. The van der Waals surface area contributed by atoms with E-state index < -0.39 is 0 Å². The van der Waals surface area contributed by atoms with E-state index >= 15 is 0 Å². The molecular weight excluding hydrogens is 322 g/mol. The second kappa shape index (κ2) is 6.87. The molecular formula is C22H25N3O. The zero-order valence-electron chi connectivity index (χ0n) is 15.5. The first-order valence-corrected chi connectivity index (χ1v) is 9.38. The van der Waals surface area contributed by atoms with Gasteiger partial charge in [0, 0.05) is 42.8 Å². The molecule has 4 heteroatoms. The molecule has 0 unspecified atom stereocenters. The molecule has 4 rings (SSSR count). The largest absolute Gasteiger partial charge is 0.368 e. The van der Waals surface area contributed by atoms with Gasteiger partial charge >= 0.3 is 0 Å². The van der Waals surface area contributed by atoms with Gasteiger partial charge in [0.25, 0.3) is 5.91 Å². The number of para-hydroxylation sites is 1. The maximum atomic E-state index is 13.2. The van der Waals surface area contributed by atoms with E-state index in [1.807, 2.05) is 11.0 Å². The van der Waals surface area contributed by atoms with Crippen molar-refractivity contribution in [1.82, 2.24) is 9.88 Å². The van der Waals surface area contributed by atoms with E-state index in [-0.39, 0.29) is 5.91 Å². The van der Waals surface area contributed by atoms with Crippen molar-refractivity contribution < 1.29 is 4.79 Å². The number of carbonyl (C=O) groups excluding carboxylic acids is 1. The number of fused-ring (bicyclic) bond motifs is 1. The van der Waals surface area contributed by atoms with E-state index in [4.69, 9.17) is 0 Å². The van der Waals surface area contributed by atoms with E-state index in [2.05, 4.69) is 66.2 Å². The summed E-state index contributed by atoms with van der Waals surface area (Å²) in [6.07, 6.45) is 0.856. The van der Waals surface area contributed by atoms with Crippen LogP contribution in [0.15, 0.2) is 48.5 Å². The molecule has 1 amide bonds. The topological polar surface area (TPSA) is 39.3 Å². The summed E-state index contributed by atoms with van der Waals surface area (Å²) in [7, 11) is 0. The van der Waals surface area contributed by atoms with Gasteiger partial charge < -0.3 is 14.8 Å². The molecule has 134 valence electrons. The molecule has 2 aromatic carbocycles. The minimum atomic E-state index is 0.128. The number of aromatic nitrogens is 1. The number of aryl methyl sites for hydroxylation is 2. The van der Waals surface area contributed by atoms with Gasteiger partial charge in [-0.25, -0.2) is 0 Å². The lowest BCUT2D eigenvalue weighted by atomic mass is 10.1. The third-order valence-electron chi connectivity index (χ3n) is 5.32. The molecule has 0 aliphatic carbocycles. The lowest BCUT2D eigenvalue weighted by Crippen LogP contribution is -2.49. The molecule has 1 aliphatic heterocycles.